The molecule has 12 heteroatoms. The molecule has 0 aliphatic heterocycles. The molecule has 0 bridgehead atoms. The van der Waals surface area contributed by atoms with E-state index in [4.69, 9.17) is 10.8 Å². The van der Waals surface area contributed by atoms with Crippen molar-refractivity contribution in [3.63, 3.8) is 0 Å². The minimum atomic E-state index is -1.36. The summed E-state index contributed by atoms with van der Waals surface area (Å²) in [5, 5.41) is 26.1. The van der Waals surface area contributed by atoms with Gasteiger partial charge in [0.05, 0.1) is 18.5 Å². The predicted octanol–water partition coefficient (Wildman–Crippen LogP) is -2.12. The zero-order valence-electron chi connectivity index (χ0n) is 17.4. The monoisotopic (exact) mass is 426 g/mol. The molecule has 0 aliphatic rings. The number of nitrogens with zero attached hydrogens (tertiary/aromatic N) is 1. The van der Waals surface area contributed by atoms with Gasteiger partial charge in [0.1, 0.15) is 18.1 Å². The number of carboxylic acids is 1. The van der Waals surface area contributed by atoms with Crippen molar-refractivity contribution in [2.45, 2.75) is 64.4 Å². The van der Waals surface area contributed by atoms with E-state index in [1.54, 1.807) is 13.8 Å². The van der Waals surface area contributed by atoms with E-state index in [9.17, 15) is 24.3 Å². The van der Waals surface area contributed by atoms with Crippen LogP contribution >= 0.6 is 0 Å². The van der Waals surface area contributed by atoms with Crippen molar-refractivity contribution < 1.29 is 29.4 Å². The van der Waals surface area contributed by atoms with E-state index in [1.165, 1.54) is 26.4 Å². The Morgan fingerprint density at radius 2 is 1.70 bits per heavy atom. The van der Waals surface area contributed by atoms with Gasteiger partial charge in [-0.05, 0) is 19.8 Å². The predicted molar refractivity (Wildman–Crippen MR) is 106 cm³/mol. The highest BCUT2D eigenvalue weighted by atomic mass is 16.4. The minimum absolute atomic E-state index is 0.0180. The Labute approximate surface area is 174 Å². The lowest BCUT2D eigenvalue weighted by molar-refractivity contribution is -0.142. The molecule has 0 saturated carbocycles. The average Bonchev–Trinajstić information content (AvgIpc) is 3.16. The Hall–Kier alpha value is -2.99. The molecule has 12 nitrogen and oxygen atoms in total. The fourth-order valence-corrected chi connectivity index (χ4v) is 2.42. The zero-order chi connectivity index (χ0) is 23.0. The Morgan fingerprint density at radius 3 is 2.17 bits per heavy atom. The molecule has 0 aliphatic carbocycles. The Morgan fingerprint density at radius 1 is 1.07 bits per heavy atom. The van der Waals surface area contributed by atoms with Gasteiger partial charge in [-0.15, -0.1) is 0 Å². The first kappa shape index (κ1) is 25.0. The quantitative estimate of drug-likeness (QED) is 0.208. The third-order valence-electron chi connectivity index (χ3n) is 4.42. The first-order chi connectivity index (χ1) is 13.9. The van der Waals surface area contributed by atoms with Gasteiger partial charge < -0.3 is 36.9 Å². The van der Waals surface area contributed by atoms with Crippen LogP contribution in [0.1, 0.15) is 33.4 Å². The number of H-pyrrole nitrogens is 1. The minimum Gasteiger partial charge on any atom is -0.480 e. The van der Waals surface area contributed by atoms with Crippen LogP contribution < -0.4 is 21.7 Å². The first-order valence-corrected chi connectivity index (χ1v) is 9.48. The van der Waals surface area contributed by atoms with Crippen LogP contribution in [0.3, 0.4) is 0 Å². The van der Waals surface area contributed by atoms with Crippen LogP contribution in [0.15, 0.2) is 12.5 Å². The van der Waals surface area contributed by atoms with Crippen molar-refractivity contribution in [3.05, 3.63) is 18.2 Å². The first-order valence-electron chi connectivity index (χ1n) is 9.48. The molecule has 1 aromatic heterocycles. The second-order valence-corrected chi connectivity index (χ2v) is 7.41. The Kier molecular flexibility index (Phi) is 9.40. The van der Waals surface area contributed by atoms with Gasteiger partial charge in [-0.1, -0.05) is 13.8 Å². The summed E-state index contributed by atoms with van der Waals surface area (Å²) in [7, 11) is 0. The fourth-order valence-electron chi connectivity index (χ4n) is 2.42. The van der Waals surface area contributed by atoms with Crippen molar-refractivity contribution >= 4 is 23.7 Å². The van der Waals surface area contributed by atoms with E-state index >= 15 is 0 Å². The molecule has 1 heterocycles. The summed E-state index contributed by atoms with van der Waals surface area (Å²) < 4.78 is 0. The van der Waals surface area contributed by atoms with Crippen molar-refractivity contribution in [2.24, 2.45) is 11.7 Å². The molecule has 0 saturated heterocycles. The van der Waals surface area contributed by atoms with Gasteiger partial charge in [0.2, 0.25) is 17.7 Å². The highest BCUT2D eigenvalue weighted by Crippen LogP contribution is 2.04. The Balaban J connectivity index is 2.97. The molecule has 5 unspecified atom stereocenters. The molecule has 8 N–H and O–H groups in total. The summed E-state index contributed by atoms with van der Waals surface area (Å²) >= 11 is 0. The molecule has 168 valence electrons. The average molecular weight is 426 g/mol. The van der Waals surface area contributed by atoms with Crippen molar-refractivity contribution in [1.29, 1.82) is 0 Å². The molecule has 0 radical (unpaired) electrons. The Bertz CT molecular complexity index is 736. The highest BCUT2D eigenvalue weighted by Gasteiger charge is 2.32. The molecular formula is C18H30N6O6. The summed E-state index contributed by atoms with van der Waals surface area (Å²) in [5.41, 5.74) is 6.29. The van der Waals surface area contributed by atoms with Crippen LogP contribution in [-0.2, 0) is 25.6 Å². The SMILES string of the molecule is CC(NC(=O)C(Cc1cnc[nH]1)NC(=O)C(NC(=O)C(N)C(C)C)C(C)O)C(=O)O. The second-order valence-electron chi connectivity index (χ2n) is 7.41. The molecule has 5 atom stereocenters. The number of nitrogens with one attached hydrogen (secondary N) is 4. The number of aliphatic carboxylic acids is 1. The van der Waals surface area contributed by atoms with E-state index in [2.05, 4.69) is 25.9 Å². The zero-order valence-corrected chi connectivity index (χ0v) is 17.4. The number of carbonyl (C=O) groups is 4. The summed E-state index contributed by atoms with van der Waals surface area (Å²) in [6, 6.07) is -4.62. The highest BCUT2D eigenvalue weighted by molar-refractivity contribution is 5.94. The number of aromatic amines is 1. The van der Waals surface area contributed by atoms with Crippen LogP contribution in [0, 0.1) is 5.92 Å². The van der Waals surface area contributed by atoms with E-state index < -0.39 is 54.0 Å². The van der Waals surface area contributed by atoms with E-state index in [0.717, 1.165) is 0 Å². The van der Waals surface area contributed by atoms with Crippen molar-refractivity contribution in [2.75, 3.05) is 0 Å². The second kappa shape index (κ2) is 11.3. The van der Waals surface area contributed by atoms with Crippen LogP contribution in [0.4, 0.5) is 0 Å². The number of carbonyl (C=O) groups excluding carboxylic acids is 3. The standard InChI is InChI=1S/C18H30N6O6/c1-8(2)13(19)16(27)24-14(10(4)25)17(28)23-12(5-11-6-20-7-21-11)15(26)22-9(3)18(29)30/h6-10,12-14,25H,5,19H2,1-4H3,(H,20,21)(H,22,26)(H,23,28)(H,24,27)(H,29,30). The number of hydrogen-bond donors (Lipinski definition) is 7. The maximum absolute atomic E-state index is 12.7. The fraction of sp³-hybridized carbons (Fsp3) is 0.611. The summed E-state index contributed by atoms with van der Waals surface area (Å²) in [5.74, 6) is -3.63. The number of aromatic nitrogens is 2. The van der Waals surface area contributed by atoms with Crippen LogP contribution in [-0.4, -0.2) is 74.1 Å². The lowest BCUT2D eigenvalue weighted by Gasteiger charge is -2.26. The molecule has 3 amide bonds. The molecule has 0 spiro atoms. The molecular weight excluding hydrogens is 396 g/mol. The number of amides is 3. The molecule has 1 aromatic rings. The van der Waals surface area contributed by atoms with Gasteiger partial charge in [-0.2, -0.15) is 0 Å². The van der Waals surface area contributed by atoms with Gasteiger partial charge in [0.25, 0.3) is 0 Å². The van der Waals surface area contributed by atoms with E-state index in [0.29, 0.717) is 5.69 Å². The number of aliphatic hydroxyl groups is 1. The molecule has 1 rings (SSSR count). The van der Waals surface area contributed by atoms with Gasteiger partial charge in [-0.25, -0.2) is 4.98 Å². The maximum atomic E-state index is 12.7. The molecule has 0 aromatic carbocycles. The smallest absolute Gasteiger partial charge is 0.325 e. The van der Waals surface area contributed by atoms with Gasteiger partial charge in [-0.3, -0.25) is 19.2 Å². The van der Waals surface area contributed by atoms with Gasteiger partial charge >= 0.3 is 5.97 Å². The van der Waals surface area contributed by atoms with E-state index in [-0.39, 0.29) is 12.3 Å². The van der Waals surface area contributed by atoms with Crippen molar-refractivity contribution in [3.8, 4) is 0 Å². The number of rotatable bonds is 11. The normalized spacial score (nSPS) is 16.1. The van der Waals surface area contributed by atoms with Crippen LogP contribution in [0.25, 0.3) is 0 Å². The van der Waals surface area contributed by atoms with Crippen LogP contribution in [0.2, 0.25) is 0 Å². The lowest BCUT2D eigenvalue weighted by atomic mass is 10.0. The topological polar surface area (TPSA) is 200 Å². The maximum Gasteiger partial charge on any atom is 0.325 e. The summed E-state index contributed by atoms with van der Waals surface area (Å²) in [4.78, 5) is 55.1. The van der Waals surface area contributed by atoms with Gasteiger partial charge in [0, 0.05) is 18.3 Å². The van der Waals surface area contributed by atoms with Crippen LogP contribution in [0.5, 0.6) is 0 Å². The number of aliphatic hydroxyl groups excluding tert-OH is 1. The molecule has 0 fully saturated rings. The number of nitrogens with two attached hydrogens (primary N) is 1. The summed E-state index contributed by atoms with van der Waals surface area (Å²) in [6.07, 6.45) is 1.54. The third-order valence-corrected chi connectivity index (χ3v) is 4.42. The van der Waals surface area contributed by atoms with Crippen molar-refractivity contribution in [1.82, 2.24) is 25.9 Å². The van der Waals surface area contributed by atoms with Gasteiger partial charge in [0.15, 0.2) is 0 Å². The third kappa shape index (κ3) is 7.44. The number of imidazole rings is 1. The van der Waals surface area contributed by atoms with E-state index in [1.807, 2.05) is 0 Å². The number of hydrogen-bond acceptors (Lipinski definition) is 7. The molecule has 30 heavy (non-hydrogen) atoms. The number of carboxylic acid groups (broad SMARTS) is 1. The largest absolute Gasteiger partial charge is 0.480 e. The summed E-state index contributed by atoms with van der Waals surface area (Å²) in [6.45, 7) is 6.05. The lowest BCUT2D eigenvalue weighted by Crippen LogP contribution is -2.60.